The lowest BCUT2D eigenvalue weighted by atomic mass is 9.61. The second-order valence-electron chi connectivity index (χ2n) is 11.2. The van der Waals surface area contributed by atoms with Crippen molar-refractivity contribution in [2.24, 2.45) is 40.9 Å². The van der Waals surface area contributed by atoms with E-state index in [1.165, 1.54) is 19.1 Å². The predicted octanol–water partition coefficient (Wildman–Crippen LogP) is 3.65. The van der Waals surface area contributed by atoms with Gasteiger partial charge in [-0.3, -0.25) is 24.1 Å². The van der Waals surface area contributed by atoms with E-state index in [0.29, 0.717) is 18.4 Å². The smallest absolute Gasteiger partial charge is 0.333 e. The Labute approximate surface area is 228 Å². The fourth-order valence-corrected chi connectivity index (χ4v) is 7.95. The highest BCUT2D eigenvalue weighted by Gasteiger charge is 2.66. The number of methoxy groups -OCH3 is 2. The summed E-state index contributed by atoms with van der Waals surface area (Å²) in [5, 5.41) is 0. The molecule has 3 aliphatic carbocycles. The Balaban J connectivity index is 1.70. The van der Waals surface area contributed by atoms with Crippen molar-refractivity contribution in [1.82, 2.24) is 4.90 Å². The van der Waals surface area contributed by atoms with Gasteiger partial charge in [-0.2, -0.15) is 0 Å². The van der Waals surface area contributed by atoms with Crippen LogP contribution in [0.2, 0.25) is 0 Å². The number of Topliss-reactive ketones (excluding diaryl/α,β-unsaturated/α-hetero) is 1. The highest BCUT2D eigenvalue weighted by atomic mass is 16.5. The van der Waals surface area contributed by atoms with Gasteiger partial charge in [0.2, 0.25) is 11.8 Å². The molecule has 1 heterocycles. The lowest BCUT2D eigenvalue weighted by molar-refractivity contribution is -0.147. The molecule has 1 fully saturated rings. The number of ether oxygens (including phenoxy) is 2. The Hall–Kier alpha value is -3.55. The first-order chi connectivity index (χ1) is 18.7. The van der Waals surface area contributed by atoms with Crippen molar-refractivity contribution in [3.05, 3.63) is 58.7 Å². The van der Waals surface area contributed by atoms with Crippen LogP contribution >= 0.6 is 0 Å². The third-order valence-electron chi connectivity index (χ3n) is 9.80. The first kappa shape index (κ1) is 27.0. The molecule has 5 rings (SSSR count). The summed E-state index contributed by atoms with van der Waals surface area (Å²) in [6.07, 6.45) is 2.66. The molecule has 206 valence electrons. The second kappa shape index (κ2) is 9.88. The fourth-order valence-electron chi connectivity index (χ4n) is 7.95. The Morgan fingerprint density at radius 1 is 0.974 bits per heavy atom. The minimum atomic E-state index is -0.896. The van der Waals surface area contributed by atoms with E-state index >= 15 is 0 Å². The maximum Gasteiger partial charge on any atom is 0.333 e. The van der Waals surface area contributed by atoms with Gasteiger partial charge in [-0.1, -0.05) is 62.8 Å². The van der Waals surface area contributed by atoms with Crippen molar-refractivity contribution >= 4 is 29.5 Å². The zero-order chi connectivity index (χ0) is 28.2. The third kappa shape index (κ3) is 3.74. The molecule has 1 aliphatic heterocycles. The molecular weight excluding hydrogens is 498 g/mol. The number of carbonyl (C=O) groups is 5. The van der Waals surface area contributed by atoms with Gasteiger partial charge in [-0.15, -0.1) is 0 Å². The van der Waals surface area contributed by atoms with E-state index in [-0.39, 0.29) is 36.1 Å². The summed E-state index contributed by atoms with van der Waals surface area (Å²) >= 11 is 0. The van der Waals surface area contributed by atoms with E-state index in [0.717, 1.165) is 11.1 Å². The van der Waals surface area contributed by atoms with Gasteiger partial charge in [0, 0.05) is 16.9 Å². The zero-order valence-electron chi connectivity index (χ0n) is 23.1. The molecule has 39 heavy (non-hydrogen) atoms. The number of imide groups is 1. The number of nitrogens with zero attached hydrogens (tertiary/aromatic N) is 1. The number of carbonyl (C=O) groups excluding carboxylic acids is 5. The second-order valence-corrected chi connectivity index (χ2v) is 11.2. The van der Waals surface area contributed by atoms with E-state index in [9.17, 15) is 24.0 Å². The van der Waals surface area contributed by atoms with Crippen molar-refractivity contribution < 1.29 is 33.4 Å². The zero-order valence-corrected chi connectivity index (χ0v) is 23.1. The Kier molecular flexibility index (Phi) is 6.85. The number of rotatable bonds is 6. The molecule has 0 radical (unpaired) electrons. The maximum absolute atomic E-state index is 14.3. The minimum absolute atomic E-state index is 0.0472. The molecule has 1 unspecified atom stereocenters. The number of amides is 2. The summed E-state index contributed by atoms with van der Waals surface area (Å²) in [4.78, 5) is 69.8. The van der Waals surface area contributed by atoms with Crippen molar-refractivity contribution in [2.75, 3.05) is 14.2 Å². The van der Waals surface area contributed by atoms with E-state index in [2.05, 4.69) is 0 Å². The van der Waals surface area contributed by atoms with E-state index < -0.39 is 52.9 Å². The molecule has 2 amide bonds. The van der Waals surface area contributed by atoms with Gasteiger partial charge in [0.15, 0.2) is 5.78 Å². The molecule has 0 N–H and O–H groups in total. The highest BCUT2D eigenvalue weighted by molar-refractivity contribution is 6.11. The normalized spacial score (nSPS) is 30.9. The van der Waals surface area contributed by atoms with Crippen LogP contribution in [0.3, 0.4) is 0 Å². The molecule has 0 aromatic heterocycles. The monoisotopic (exact) mass is 533 g/mol. The molecule has 1 saturated heterocycles. The summed E-state index contributed by atoms with van der Waals surface area (Å²) in [6, 6.07) is 9.32. The van der Waals surface area contributed by atoms with E-state index in [4.69, 9.17) is 9.47 Å². The van der Waals surface area contributed by atoms with Gasteiger partial charge < -0.3 is 9.47 Å². The lowest BCUT2D eigenvalue weighted by Gasteiger charge is -2.39. The molecule has 8 heteroatoms. The molecule has 1 aromatic rings. The largest absolute Gasteiger partial charge is 0.469 e. The quantitative estimate of drug-likeness (QED) is 0.406. The van der Waals surface area contributed by atoms with Crippen LogP contribution in [0, 0.1) is 40.9 Å². The first-order valence-electron chi connectivity index (χ1n) is 13.7. The third-order valence-corrected chi connectivity index (χ3v) is 9.80. The predicted molar refractivity (Wildman–Crippen MR) is 140 cm³/mol. The van der Waals surface area contributed by atoms with Gasteiger partial charge >= 0.3 is 11.9 Å². The number of fused-ring (bicyclic) bond motifs is 2. The standard InChI is InChI=1S/C31H35NO7/c1-6-31(7-2)25-20(30(37)39-5)14-18(29(36)38-4)13-19-23(25)21(26(31)33)16(3)22-24(19)28(35)32(27(22)34)15-17-11-9-8-10-12-17/h8-12,14,16,19-20,22,24-25H,6-7,13,15H2,1-5H3/t16-,19+,20+,22-,24+,25?/m0/s1. The van der Waals surface area contributed by atoms with Crippen molar-refractivity contribution in [3.63, 3.8) is 0 Å². The first-order valence-corrected chi connectivity index (χ1v) is 13.7. The van der Waals surface area contributed by atoms with Crippen LogP contribution in [0.25, 0.3) is 0 Å². The molecule has 1 aromatic carbocycles. The van der Waals surface area contributed by atoms with Crippen LogP contribution < -0.4 is 0 Å². The Bertz CT molecular complexity index is 1310. The lowest BCUT2D eigenvalue weighted by Crippen LogP contribution is -2.41. The van der Waals surface area contributed by atoms with Crippen LogP contribution in [-0.4, -0.2) is 48.7 Å². The molecule has 8 nitrogen and oxygen atoms in total. The molecular formula is C31H35NO7. The van der Waals surface area contributed by atoms with E-state index in [1.54, 1.807) is 6.08 Å². The molecule has 0 spiro atoms. The highest BCUT2D eigenvalue weighted by Crippen LogP contribution is 2.64. The van der Waals surface area contributed by atoms with Crippen molar-refractivity contribution in [3.8, 4) is 0 Å². The molecule has 4 aliphatic rings. The SMILES string of the molecule is CCC1(CC)C(=O)C2=C3C1[C@H](C(=O)OC)C=C(C(=O)OC)C[C@H]3[C@H]1C(=O)N(Cc3ccccc3)C(=O)[C@H]1[C@H]2C. The average molecular weight is 534 g/mol. The number of benzene rings is 1. The van der Waals surface area contributed by atoms with Crippen LogP contribution in [0.4, 0.5) is 0 Å². The number of ketones is 1. The average Bonchev–Trinajstić information content (AvgIpc) is 3.26. The summed E-state index contributed by atoms with van der Waals surface area (Å²) < 4.78 is 10.3. The van der Waals surface area contributed by atoms with Crippen LogP contribution in [0.5, 0.6) is 0 Å². The van der Waals surface area contributed by atoms with Gasteiger partial charge in [0.25, 0.3) is 0 Å². The summed E-state index contributed by atoms with van der Waals surface area (Å²) in [5.41, 5.74) is 1.52. The molecule has 6 atom stereocenters. The molecule has 0 saturated carbocycles. The van der Waals surface area contributed by atoms with Crippen LogP contribution in [-0.2, 0) is 40.0 Å². The molecule has 0 bridgehead atoms. The Morgan fingerprint density at radius 3 is 2.21 bits per heavy atom. The Morgan fingerprint density at radius 2 is 1.62 bits per heavy atom. The topological polar surface area (TPSA) is 107 Å². The maximum atomic E-state index is 14.3. The van der Waals surface area contributed by atoms with Crippen LogP contribution in [0.1, 0.15) is 45.6 Å². The summed E-state index contributed by atoms with van der Waals surface area (Å²) in [7, 11) is 2.57. The summed E-state index contributed by atoms with van der Waals surface area (Å²) in [6.45, 7) is 5.87. The number of hydrogen-bond donors (Lipinski definition) is 0. The van der Waals surface area contributed by atoms with Gasteiger partial charge in [0.05, 0.1) is 38.5 Å². The van der Waals surface area contributed by atoms with E-state index in [1.807, 2.05) is 51.1 Å². The number of hydrogen-bond acceptors (Lipinski definition) is 7. The van der Waals surface area contributed by atoms with Gasteiger partial charge in [-0.25, -0.2) is 4.79 Å². The van der Waals surface area contributed by atoms with Crippen LogP contribution in [0.15, 0.2) is 53.1 Å². The van der Waals surface area contributed by atoms with Crippen molar-refractivity contribution in [1.29, 1.82) is 0 Å². The number of likely N-dealkylation sites (tertiary alicyclic amines) is 1. The summed E-state index contributed by atoms with van der Waals surface area (Å²) in [5.74, 6) is -5.74. The van der Waals surface area contributed by atoms with Crippen molar-refractivity contribution in [2.45, 2.75) is 46.6 Å². The minimum Gasteiger partial charge on any atom is -0.469 e. The fraction of sp³-hybridized carbons (Fsp3) is 0.516. The number of allylic oxidation sites excluding steroid dienone is 2. The number of esters is 2. The van der Waals surface area contributed by atoms with Gasteiger partial charge in [-0.05, 0) is 42.2 Å². The van der Waals surface area contributed by atoms with Gasteiger partial charge in [0.1, 0.15) is 0 Å².